The first kappa shape index (κ1) is 15.2. The molecule has 1 rings (SSSR count). The van der Waals surface area contributed by atoms with Crippen LogP contribution in [0.3, 0.4) is 0 Å². The fourth-order valence-electron chi connectivity index (χ4n) is 1.98. The molecule has 1 aromatic rings. The Balaban J connectivity index is 2.65. The normalized spacial score (nSPS) is 11.8. The molecule has 0 saturated heterocycles. The van der Waals surface area contributed by atoms with Gasteiger partial charge in [0.15, 0.2) is 0 Å². The summed E-state index contributed by atoms with van der Waals surface area (Å²) in [7, 11) is 0. The van der Waals surface area contributed by atoms with E-state index in [4.69, 9.17) is 5.26 Å². The highest BCUT2D eigenvalue weighted by molar-refractivity contribution is 5.41. The Hall–Kier alpha value is -1.88. The molecule has 0 bridgehead atoms. The van der Waals surface area contributed by atoms with Crippen LogP contribution >= 0.6 is 0 Å². The van der Waals surface area contributed by atoms with Crippen molar-refractivity contribution in [2.75, 3.05) is 26.2 Å². The van der Waals surface area contributed by atoms with Crippen LogP contribution in [0.5, 0.6) is 0 Å². The van der Waals surface area contributed by atoms with Crippen molar-refractivity contribution >= 4 is 0 Å². The van der Waals surface area contributed by atoms with E-state index in [9.17, 15) is 5.26 Å². The molecule has 1 N–H and O–H groups in total. The van der Waals surface area contributed by atoms with Crippen LogP contribution in [0.25, 0.3) is 0 Å². The zero-order valence-corrected chi connectivity index (χ0v) is 11.6. The molecule has 0 amide bonds. The van der Waals surface area contributed by atoms with Gasteiger partial charge in [-0.3, -0.25) is 5.32 Å². The second-order valence-corrected chi connectivity index (χ2v) is 4.24. The molecule has 4 heteroatoms. The molecule has 0 aliphatic heterocycles. The van der Waals surface area contributed by atoms with Crippen molar-refractivity contribution in [3.05, 3.63) is 35.4 Å². The lowest BCUT2D eigenvalue weighted by atomic mass is 10.0. The average molecular weight is 256 g/mol. The lowest BCUT2D eigenvalue weighted by molar-refractivity contribution is 0.300. The van der Waals surface area contributed by atoms with Gasteiger partial charge in [-0.25, -0.2) is 0 Å². The molecule has 0 radical (unpaired) electrons. The van der Waals surface area contributed by atoms with Crippen molar-refractivity contribution in [2.24, 2.45) is 0 Å². The zero-order valence-electron chi connectivity index (χ0n) is 11.6. The average Bonchev–Trinajstić information content (AvgIpc) is 2.48. The highest BCUT2D eigenvalue weighted by atomic mass is 15.1. The summed E-state index contributed by atoms with van der Waals surface area (Å²) in [5.41, 5.74) is 1.32. The molecule has 1 atom stereocenters. The van der Waals surface area contributed by atoms with Gasteiger partial charge in [0.05, 0.1) is 17.7 Å². The number of hydrogen-bond acceptors (Lipinski definition) is 4. The second kappa shape index (κ2) is 8.26. The van der Waals surface area contributed by atoms with Gasteiger partial charge in [0.25, 0.3) is 0 Å². The molecule has 19 heavy (non-hydrogen) atoms. The van der Waals surface area contributed by atoms with Gasteiger partial charge in [-0.2, -0.15) is 10.5 Å². The van der Waals surface area contributed by atoms with Gasteiger partial charge in [-0.05, 0) is 19.2 Å². The summed E-state index contributed by atoms with van der Waals surface area (Å²) in [6.45, 7) is 7.89. The minimum absolute atomic E-state index is 0.425. The Labute approximate surface area is 115 Å². The van der Waals surface area contributed by atoms with Gasteiger partial charge in [0.2, 0.25) is 0 Å². The number of benzene rings is 1. The third-order valence-electron chi connectivity index (χ3n) is 3.19. The van der Waals surface area contributed by atoms with Gasteiger partial charge in [-0.15, -0.1) is 0 Å². The SMILES string of the molecule is CCN(CC)CCNC(C#N)c1ccccc1C#N. The molecule has 0 heterocycles. The van der Waals surface area contributed by atoms with Crippen LogP contribution in [0.15, 0.2) is 24.3 Å². The molecule has 0 spiro atoms. The number of rotatable bonds is 7. The molecule has 100 valence electrons. The lowest BCUT2D eigenvalue weighted by Gasteiger charge is -2.20. The first-order chi connectivity index (χ1) is 9.26. The van der Waals surface area contributed by atoms with Crippen LogP contribution in [-0.2, 0) is 0 Å². The number of nitrogens with zero attached hydrogens (tertiary/aromatic N) is 3. The maximum absolute atomic E-state index is 9.24. The fourth-order valence-corrected chi connectivity index (χ4v) is 1.98. The smallest absolute Gasteiger partial charge is 0.122 e. The fraction of sp³-hybridized carbons (Fsp3) is 0.467. The number of nitriles is 2. The molecule has 1 aromatic carbocycles. The standard InChI is InChI=1S/C15H20N4/c1-3-19(4-2)10-9-18-15(12-17)14-8-6-5-7-13(14)11-16/h5-8,15,18H,3-4,9-10H2,1-2H3. The largest absolute Gasteiger partial charge is 0.303 e. The topological polar surface area (TPSA) is 62.9 Å². The van der Waals surface area contributed by atoms with Gasteiger partial charge in [-0.1, -0.05) is 32.0 Å². The summed E-state index contributed by atoms with van der Waals surface area (Å²) >= 11 is 0. The van der Waals surface area contributed by atoms with Crippen molar-refractivity contribution in [2.45, 2.75) is 19.9 Å². The van der Waals surface area contributed by atoms with Crippen LogP contribution in [0.1, 0.15) is 31.0 Å². The van der Waals surface area contributed by atoms with Crippen LogP contribution in [0.4, 0.5) is 0 Å². The predicted octanol–water partition coefficient (Wildman–Crippen LogP) is 2.05. The molecule has 0 aromatic heterocycles. The van der Waals surface area contributed by atoms with Crippen molar-refractivity contribution < 1.29 is 0 Å². The maximum Gasteiger partial charge on any atom is 0.122 e. The molecular formula is C15H20N4. The third-order valence-corrected chi connectivity index (χ3v) is 3.19. The second-order valence-electron chi connectivity index (χ2n) is 4.24. The van der Waals surface area contributed by atoms with E-state index in [1.54, 1.807) is 6.07 Å². The van der Waals surface area contributed by atoms with Gasteiger partial charge in [0, 0.05) is 18.7 Å². The van der Waals surface area contributed by atoms with E-state index < -0.39 is 6.04 Å². The van der Waals surface area contributed by atoms with E-state index in [0.29, 0.717) is 5.56 Å². The quantitative estimate of drug-likeness (QED) is 0.811. The van der Waals surface area contributed by atoms with Crippen LogP contribution in [0, 0.1) is 22.7 Å². The van der Waals surface area contributed by atoms with Gasteiger partial charge < -0.3 is 4.90 Å². The van der Waals surface area contributed by atoms with Crippen LogP contribution < -0.4 is 5.32 Å². The summed E-state index contributed by atoms with van der Waals surface area (Å²) in [5, 5.41) is 21.5. The van der Waals surface area contributed by atoms with E-state index >= 15 is 0 Å². The molecule has 0 aliphatic rings. The molecule has 1 unspecified atom stereocenters. The van der Waals surface area contributed by atoms with E-state index in [1.807, 2.05) is 18.2 Å². The lowest BCUT2D eigenvalue weighted by Crippen LogP contribution is -2.33. The summed E-state index contributed by atoms with van der Waals surface area (Å²) in [6.07, 6.45) is 0. The van der Waals surface area contributed by atoms with Crippen LogP contribution in [0.2, 0.25) is 0 Å². The Morgan fingerprint density at radius 3 is 2.47 bits per heavy atom. The van der Waals surface area contributed by atoms with Crippen molar-refractivity contribution in [3.63, 3.8) is 0 Å². The van der Waals surface area contributed by atoms with Crippen molar-refractivity contribution in [1.29, 1.82) is 10.5 Å². The Morgan fingerprint density at radius 1 is 1.21 bits per heavy atom. The van der Waals surface area contributed by atoms with Gasteiger partial charge >= 0.3 is 0 Å². The Bertz CT molecular complexity index is 466. The maximum atomic E-state index is 9.24. The summed E-state index contributed by atoms with van der Waals surface area (Å²) in [6, 6.07) is 11.2. The van der Waals surface area contributed by atoms with E-state index in [-0.39, 0.29) is 0 Å². The summed E-state index contributed by atoms with van der Waals surface area (Å²) in [4.78, 5) is 2.29. The predicted molar refractivity (Wildman–Crippen MR) is 75.3 cm³/mol. The number of hydrogen-bond donors (Lipinski definition) is 1. The van der Waals surface area contributed by atoms with Gasteiger partial charge in [0.1, 0.15) is 6.04 Å². The first-order valence-electron chi connectivity index (χ1n) is 6.61. The minimum Gasteiger partial charge on any atom is -0.303 e. The van der Waals surface area contributed by atoms with Crippen molar-refractivity contribution in [3.8, 4) is 12.1 Å². The Kier molecular flexibility index (Phi) is 6.60. The first-order valence-corrected chi connectivity index (χ1v) is 6.61. The highest BCUT2D eigenvalue weighted by Crippen LogP contribution is 2.16. The monoisotopic (exact) mass is 256 g/mol. The zero-order chi connectivity index (χ0) is 14.1. The molecular weight excluding hydrogens is 236 g/mol. The Morgan fingerprint density at radius 2 is 1.89 bits per heavy atom. The third kappa shape index (κ3) is 4.37. The number of nitrogens with one attached hydrogen (secondary N) is 1. The molecule has 0 aliphatic carbocycles. The highest BCUT2D eigenvalue weighted by Gasteiger charge is 2.13. The summed E-state index contributed by atoms with van der Waals surface area (Å²) < 4.78 is 0. The minimum atomic E-state index is -0.425. The molecule has 0 saturated carbocycles. The molecule has 0 fully saturated rings. The van der Waals surface area contributed by atoms with Crippen molar-refractivity contribution in [1.82, 2.24) is 10.2 Å². The van der Waals surface area contributed by atoms with E-state index in [1.165, 1.54) is 0 Å². The van der Waals surface area contributed by atoms with E-state index in [0.717, 1.165) is 31.7 Å². The number of likely N-dealkylation sites (N-methyl/N-ethyl adjacent to an activating group) is 1. The van der Waals surface area contributed by atoms with E-state index in [2.05, 4.69) is 36.2 Å². The summed E-state index contributed by atoms with van der Waals surface area (Å²) in [5.74, 6) is 0. The molecule has 4 nitrogen and oxygen atoms in total. The van der Waals surface area contributed by atoms with Crippen LogP contribution in [-0.4, -0.2) is 31.1 Å².